The van der Waals surface area contributed by atoms with Crippen LogP contribution >= 0.6 is 0 Å². The van der Waals surface area contributed by atoms with Crippen LogP contribution in [0.25, 0.3) is 0 Å². The predicted molar refractivity (Wildman–Crippen MR) is 70.1 cm³/mol. The Balaban J connectivity index is 2.37. The average Bonchev–Trinajstić information content (AvgIpc) is 2.51. The fraction of sp³-hybridized carbons (Fsp3) is 0.929. The van der Waals surface area contributed by atoms with Gasteiger partial charge in [0.25, 0.3) is 0 Å². The third-order valence-corrected chi connectivity index (χ3v) is 4.15. The SMILES string of the molecule is CC(C)C1CCCN(C(C)CCC(=O)O)CC1. The largest absolute Gasteiger partial charge is 0.481 e. The van der Waals surface area contributed by atoms with Crippen molar-refractivity contribution in [1.29, 1.82) is 0 Å². The first-order valence-corrected chi connectivity index (χ1v) is 6.96. The summed E-state index contributed by atoms with van der Waals surface area (Å²) < 4.78 is 0. The van der Waals surface area contributed by atoms with Gasteiger partial charge in [0.15, 0.2) is 0 Å². The zero-order valence-electron chi connectivity index (χ0n) is 11.5. The smallest absolute Gasteiger partial charge is 0.303 e. The first kappa shape index (κ1) is 14.5. The molecule has 17 heavy (non-hydrogen) atoms. The van der Waals surface area contributed by atoms with Gasteiger partial charge in [-0.1, -0.05) is 13.8 Å². The molecule has 0 aromatic carbocycles. The summed E-state index contributed by atoms with van der Waals surface area (Å²) in [5, 5.41) is 8.71. The van der Waals surface area contributed by atoms with E-state index in [9.17, 15) is 4.79 Å². The molecule has 0 radical (unpaired) electrons. The molecular formula is C14H27NO2. The predicted octanol–water partition coefficient (Wildman–Crippen LogP) is 3.00. The lowest BCUT2D eigenvalue weighted by Crippen LogP contribution is -2.34. The molecule has 1 N–H and O–H groups in total. The van der Waals surface area contributed by atoms with Gasteiger partial charge in [-0.2, -0.15) is 0 Å². The molecule has 3 nitrogen and oxygen atoms in total. The molecule has 2 atom stereocenters. The Morgan fingerprint density at radius 1 is 1.29 bits per heavy atom. The molecule has 100 valence electrons. The summed E-state index contributed by atoms with van der Waals surface area (Å²) in [5.41, 5.74) is 0. The van der Waals surface area contributed by atoms with E-state index in [2.05, 4.69) is 25.7 Å². The van der Waals surface area contributed by atoms with E-state index in [-0.39, 0.29) is 0 Å². The number of carboxylic acid groups (broad SMARTS) is 1. The van der Waals surface area contributed by atoms with Gasteiger partial charge in [0, 0.05) is 12.5 Å². The fourth-order valence-corrected chi connectivity index (χ4v) is 2.77. The second kappa shape index (κ2) is 7.00. The minimum atomic E-state index is -0.674. The lowest BCUT2D eigenvalue weighted by molar-refractivity contribution is -0.137. The Kier molecular flexibility index (Phi) is 5.96. The molecule has 3 heteroatoms. The van der Waals surface area contributed by atoms with Gasteiger partial charge >= 0.3 is 5.97 Å². The molecular weight excluding hydrogens is 214 g/mol. The van der Waals surface area contributed by atoms with Gasteiger partial charge in [-0.25, -0.2) is 0 Å². The monoisotopic (exact) mass is 241 g/mol. The van der Waals surface area contributed by atoms with Crippen molar-refractivity contribution in [1.82, 2.24) is 4.90 Å². The van der Waals surface area contributed by atoms with E-state index in [1.165, 1.54) is 19.3 Å². The highest BCUT2D eigenvalue weighted by molar-refractivity contribution is 5.66. The van der Waals surface area contributed by atoms with Crippen molar-refractivity contribution < 1.29 is 9.90 Å². The van der Waals surface area contributed by atoms with E-state index in [0.717, 1.165) is 31.3 Å². The van der Waals surface area contributed by atoms with Crippen LogP contribution < -0.4 is 0 Å². The molecule has 0 spiro atoms. The number of rotatable bonds is 5. The molecule has 2 unspecified atom stereocenters. The number of aliphatic carboxylic acids is 1. The lowest BCUT2D eigenvalue weighted by atomic mass is 9.89. The maximum Gasteiger partial charge on any atom is 0.303 e. The molecule has 0 aromatic heterocycles. The van der Waals surface area contributed by atoms with Gasteiger partial charge in [-0.05, 0) is 57.5 Å². The minimum Gasteiger partial charge on any atom is -0.481 e. The summed E-state index contributed by atoms with van der Waals surface area (Å²) >= 11 is 0. The Bertz CT molecular complexity index is 240. The number of nitrogens with zero attached hydrogens (tertiary/aromatic N) is 1. The van der Waals surface area contributed by atoms with Crippen molar-refractivity contribution in [3.8, 4) is 0 Å². The normalized spacial score (nSPS) is 24.6. The molecule has 1 heterocycles. The molecule has 1 fully saturated rings. The molecule has 1 aliphatic rings. The lowest BCUT2D eigenvalue weighted by Gasteiger charge is -2.27. The molecule has 1 saturated heterocycles. The van der Waals surface area contributed by atoms with Crippen LogP contribution in [0.5, 0.6) is 0 Å². The van der Waals surface area contributed by atoms with Crippen LogP contribution in [0.3, 0.4) is 0 Å². The molecule has 0 amide bonds. The molecule has 0 saturated carbocycles. The second-order valence-electron chi connectivity index (χ2n) is 5.75. The Hall–Kier alpha value is -0.570. The fourth-order valence-electron chi connectivity index (χ4n) is 2.77. The third kappa shape index (κ3) is 5.07. The number of hydrogen-bond donors (Lipinski definition) is 1. The standard InChI is InChI=1S/C14H27NO2/c1-11(2)13-5-4-9-15(10-8-13)12(3)6-7-14(16)17/h11-13H,4-10H2,1-3H3,(H,16,17). The molecule has 0 aromatic rings. The van der Waals surface area contributed by atoms with E-state index in [1.54, 1.807) is 0 Å². The van der Waals surface area contributed by atoms with Crippen LogP contribution in [0.2, 0.25) is 0 Å². The van der Waals surface area contributed by atoms with Gasteiger partial charge < -0.3 is 10.0 Å². The number of carbonyl (C=O) groups is 1. The van der Waals surface area contributed by atoms with Crippen LogP contribution in [0.4, 0.5) is 0 Å². The van der Waals surface area contributed by atoms with Crippen LogP contribution in [-0.4, -0.2) is 35.1 Å². The molecule has 0 bridgehead atoms. The van der Waals surface area contributed by atoms with E-state index < -0.39 is 5.97 Å². The number of hydrogen-bond acceptors (Lipinski definition) is 2. The summed E-state index contributed by atoms with van der Waals surface area (Å²) in [6, 6.07) is 0.414. The van der Waals surface area contributed by atoms with E-state index in [1.807, 2.05) is 0 Å². The number of carboxylic acids is 1. The van der Waals surface area contributed by atoms with E-state index in [0.29, 0.717) is 12.5 Å². The van der Waals surface area contributed by atoms with Crippen molar-refractivity contribution in [3.05, 3.63) is 0 Å². The Morgan fingerprint density at radius 2 is 2.00 bits per heavy atom. The quantitative estimate of drug-likeness (QED) is 0.804. The van der Waals surface area contributed by atoms with Crippen molar-refractivity contribution in [2.45, 2.75) is 58.9 Å². The minimum absolute atomic E-state index is 0.297. The summed E-state index contributed by atoms with van der Waals surface area (Å²) in [7, 11) is 0. The summed E-state index contributed by atoms with van der Waals surface area (Å²) in [4.78, 5) is 13.1. The number of likely N-dealkylation sites (tertiary alicyclic amines) is 1. The first-order chi connectivity index (χ1) is 8.00. The maximum atomic E-state index is 10.6. The highest BCUT2D eigenvalue weighted by Gasteiger charge is 2.22. The Morgan fingerprint density at radius 3 is 2.59 bits per heavy atom. The molecule has 1 rings (SSSR count). The third-order valence-electron chi connectivity index (χ3n) is 4.15. The van der Waals surface area contributed by atoms with Crippen molar-refractivity contribution in [3.63, 3.8) is 0 Å². The summed E-state index contributed by atoms with van der Waals surface area (Å²) in [6.07, 6.45) is 4.95. The van der Waals surface area contributed by atoms with Crippen LogP contribution in [-0.2, 0) is 4.79 Å². The second-order valence-corrected chi connectivity index (χ2v) is 5.75. The van der Waals surface area contributed by atoms with Crippen molar-refractivity contribution in [2.75, 3.05) is 13.1 Å². The van der Waals surface area contributed by atoms with Gasteiger partial charge in [0.1, 0.15) is 0 Å². The Labute approximate surface area is 105 Å². The van der Waals surface area contributed by atoms with Crippen LogP contribution in [0.15, 0.2) is 0 Å². The van der Waals surface area contributed by atoms with Gasteiger partial charge in [0.2, 0.25) is 0 Å². The first-order valence-electron chi connectivity index (χ1n) is 6.96. The maximum absolute atomic E-state index is 10.6. The topological polar surface area (TPSA) is 40.5 Å². The van der Waals surface area contributed by atoms with E-state index >= 15 is 0 Å². The zero-order valence-corrected chi connectivity index (χ0v) is 11.5. The average molecular weight is 241 g/mol. The zero-order chi connectivity index (χ0) is 12.8. The molecule has 1 aliphatic heterocycles. The van der Waals surface area contributed by atoms with Gasteiger partial charge in [-0.15, -0.1) is 0 Å². The van der Waals surface area contributed by atoms with Gasteiger partial charge in [0.05, 0.1) is 0 Å². The van der Waals surface area contributed by atoms with E-state index in [4.69, 9.17) is 5.11 Å². The highest BCUT2D eigenvalue weighted by atomic mass is 16.4. The van der Waals surface area contributed by atoms with Crippen LogP contribution in [0.1, 0.15) is 52.9 Å². The van der Waals surface area contributed by atoms with Crippen molar-refractivity contribution >= 4 is 5.97 Å². The van der Waals surface area contributed by atoms with Crippen LogP contribution in [0, 0.1) is 11.8 Å². The highest BCUT2D eigenvalue weighted by Crippen LogP contribution is 2.25. The van der Waals surface area contributed by atoms with Gasteiger partial charge in [-0.3, -0.25) is 4.79 Å². The van der Waals surface area contributed by atoms with Crippen molar-refractivity contribution in [2.24, 2.45) is 11.8 Å². The summed E-state index contributed by atoms with van der Waals surface area (Å²) in [5.74, 6) is 0.961. The molecule has 0 aliphatic carbocycles. The summed E-state index contributed by atoms with van der Waals surface area (Å²) in [6.45, 7) is 9.08.